The van der Waals surface area contributed by atoms with E-state index in [4.69, 9.17) is 0 Å². The van der Waals surface area contributed by atoms with Crippen molar-refractivity contribution in [3.63, 3.8) is 0 Å². The van der Waals surface area contributed by atoms with Gasteiger partial charge in [-0.05, 0) is 75.0 Å². The Hall–Kier alpha value is -0.570. The first-order valence-corrected chi connectivity index (χ1v) is 11.6. The zero-order valence-corrected chi connectivity index (χ0v) is 16.8. The van der Waals surface area contributed by atoms with Crippen LogP contribution in [0.3, 0.4) is 0 Å². The molecule has 0 aromatic carbocycles. The van der Waals surface area contributed by atoms with Crippen molar-refractivity contribution in [2.24, 2.45) is 34.5 Å². The maximum Gasteiger partial charge on any atom is 0.155 e. The molecule has 3 heteroatoms. The molecule has 3 saturated carbocycles. The van der Waals surface area contributed by atoms with Gasteiger partial charge in [0.1, 0.15) is 5.78 Å². The van der Waals surface area contributed by atoms with Gasteiger partial charge in [-0.25, -0.2) is 0 Å². The summed E-state index contributed by atoms with van der Waals surface area (Å²) in [6, 6.07) is 0. The topological polar surface area (TPSA) is 34.1 Å². The van der Waals surface area contributed by atoms with Crippen LogP contribution < -0.4 is 0 Å². The van der Waals surface area contributed by atoms with Crippen LogP contribution in [0.4, 0.5) is 0 Å². The van der Waals surface area contributed by atoms with E-state index in [0.29, 0.717) is 35.2 Å². The molecule has 3 fully saturated rings. The van der Waals surface area contributed by atoms with Gasteiger partial charge in [-0.1, -0.05) is 19.4 Å². The number of carbonyl (C=O) groups excluding carboxylic acids is 2. The zero-order chi connectivity index (χ0) is 17.8. The predicted octanol–water partition coefficient (Wildman–Crippen LogP) is 5.07. The van der Waals surface area contributed by atoms with Gasteiger partial charge in [-0.3, -0.25) is 9.59 Å². The first-order chi connectivity index (χ1) is 12.0. The van der Waals surface area contributed by atoms with E-state index in [1.54, 1.807) is 0 Å². The normalized spacial score (nSPS) is 46.3. The summed E-state index contributed by atoms with van der Waals surface area (Å²) in [6.07, 6.45) is 12.7. The molecule has 0 aliphatic heterocycles. The molecule has 25 heavy (non-hydrogen) atoms. The smallest absolute Gasteiger partial charge is 0.155 e. The highest BCUT2D eigenvalue weighted by molar-refractivity contribution is 7.98. The van der Waals surface area contributed by atoms with Crippen LogP contribution in [0, 0.1) is 34.5 Å². The van der Waals surface area contributed by atoms with E-state index in [1.165, 1.54) is 18.4 Å². The van der Waals surface area contributed by atoms with Crippen molar-refractivity contribution in [2.75, 3.05) is 12.0 Å². The van der Waals surface area contributed by atoms with Gasteiger partial charge in [0.05, 0.1) is 0 Å². The van der Waals surface area contributed by atoms with E-state index in [-0.39, 0.29) is 10.8 Å². The lowest BCUT2D eigenvalue weighted by atomic mass is 9.47. The molecule has 0 bridgehead atoms. The number of allylic oxidation sites excluding steroid dienone is 1. The van der Waals surface area contributed by atoms with Gasteiger partial charge in [0.25, 0.3) is 0 Å². The largest absolute Gasteiger partial charge is 0.299 e. The van der Waals surface area contributed by atoms with Gasteiger partial charge in [0.2, 0.25) is 0 Å². The van der Waals surface area contributed by atoms with Crippen LogP contribution in [0.1, 0.15) is 65.2 Å². The molecule has 4 aliphatic carbocycles. The van der Waals surface area contributed by atoms with Crippen LogP contribution >= 0.6 is 11.8 Å². The van der Waals surface area contributed by atoms with Crippen molar-refractivity contribution in [2.45, 2.75) is 65.2 Å². The molecule has 0 N–H and O–H groups in total. The summed E-state index contributed by atoms with van der Waals surface area (Å²) in [5.41, 5.74) is 1.64. The number of carbonyl (C=O) groups is 2. The third-order valence-electron chi connectivity index (χ3n) is 8.44. The van der Waals surface area contributed by atoms with Gasteiger partial charge in [-0.2, -0.15) is 11.8 Å². The van der Waals surface area contributed by atoms with Crippen LogP contribution in [0.5, 0.6) is 0 Å². The monoisotopic (exact) mass is 360 g/mol. The summed E-state index contributed by atoms with van der Waals surface area (Å²) in [7, 11) is 0. The fourth-order valence-corrected chi connectivity index (χ4v) is 8.24. The van der Waals surface area contributed by atoms with Crippen molar-refractivity contribution in [3.8, 4) is 0 Å². The molecule has 0 amide bonds. The van der Waals surface area contributed by atoms with Crippen LogP contribution in [0.2, 0.25) is 0 Å². The molecular formula is C22H32O2S. The fourth-order valence-electron chi connectivity index (χ4n) is 7.18. The average Bonchev–Trinajstić information content (AvgIpc) is 2.87. The van der Waals surface area contributed by atoms with Gasteiger partial charge < -0.3 is 0 Å². The Kier molecular flexibility index (Phi) is 4.46. The van der Waals surface area contributed by atoms with Gasteiger partial charge in [0, 0.05) is 28.9 Å². The third-order valence-corrected chi connectivity index (χ3v) is 9.25. The number of thioether (sulfide) groups is 1. The molecule has 0 unspecified atom stereocenters. The molecule has 0 heterocycles. The van der Waals surface area contributed by atoms with Crippen LogP contribution in [0.15, 0.2) is 11.6 Å². The first kappa shape index (κ1) is 17.8. The number of hydrogen-bond acceptors (Lipinski definition) is 3. The van der Waals surface area contributed by atoms with Crippen molar-refractivity contribution < 1.29 is 9.59 Å². The predicted molar refractivity (Wildman–Crippen MR) is 104 cm³/mol. The summed E-state index contributed by atoms with van der Waals surface area (Å²) in [5.74, 6) is 4.33. The molecule has 6 atom stereocenters. The number of ketones is 2. The summed E-state index contributed by atoms with van der Waals surface area (Å²) in [6.45, 7) is 4.47. The van der Waals surface area contributed by atoms with E-state index < -0.39 is 0 Å². The van der Waals surface area contributed by atoms with E-state index in [0.717, 1.165) is 44.3 Å². The minimum absolute atomic E-state index is 0.0614. The van der Waals surface area contributed by atoms with Crippen LogP contribution in [-0.4, -0.2) is 23.6 Å². The van der Waals surface area contributed by atoms with E-state index in [1.807, 2.05) is 17.8 Å². The van der Waals surface area contributed by atoms with Crippen LogP contribution in [0.25, 0.3) is 0 Å². The van der Waals surface area contributed by atoms with Gasteiger partial charge in [-0.15, -0.1) is 0 Å². The molecule has 0 spiro atoms. The quantitative estimate of drug-likeness (QED) is 0.705. The lowest BCUT2D eigenvalue weighted by molar-refractivity contribution is -0.134. The van der Waals surface area contributed by atoms with E-state index in [9.17, 15) is 9.59 Å². The average molecular weight is 361 g/mol. The summed E-state index contributed by atoms with van der Waals surface area (Å²) in [5, 5.41) is 0. The SMILES string of the molecule is CC[C@@H]1C[C@H]2[C@@H]3CCC4=CC(=O)CC[C@]4(CSC)[C@H]3CC[C@]2(C)C1=O. The molecule has 138 valence electrons. The highest BCUT2D eigenvalue weighted by atomic mass is 32.2. The molecule has 2 nitrogen and oxygen atoms in total. The first-order valence-electron chi connectivity index (χ1n) is 10.2. The Labute approximate surface area is 156 Å². The Balaban J connectivity index is 1.71. The Bertz CT molecular complexity index is 624. The summed E-state index contributed by atoms with van der Waals surface area (Å²) < 4.78 is 0. The van der Waals surface area contributed by atoms with Crippen molar-refractivity contribution >= 4 is 23.3 Å². The molecule has 4 aliphatic rings. The van der Waals surface area contributed by atoms with E-state index >= 15 is 0 Å². The fraction of sp³-hybridized carbons (Fsp3) is 0.818. The van der Waals surface area contributed by atoms with Gasteiger partial charge >= 0.3 is 0 Å². The third kappa shape index (κ3) is 2.44. The number of Topliss-reactive ketones (excluding diaryl/α,β-unsaturated/α-hetero) is 1. The highest BCUT2D eigenvalue weighted by Crippen LogP contribution is 2.65. The second kappa shape index (κ2) is 6.25. The molecule has 4 rings (SSSR count). The summed E-state index contributed by atoms with van der Waals surface area (Å²) >= 11 is 1.95. The van der Waals surface area contributed by atoms with Crippen LogP contribution in [-0.2, 0) is 9.59 Å². The Morgan fingerprint density at radius 1 is 1.16 bits per heavy atom. The lowest BCUT2D eigenvalue weighted by Crippen LogP contribution is -2.52. The molecule has 0 aromatic rings. The number of rotatable bonds is 3. The minimum atomic E-state index is -0.0614. The van der Waals surface area contributed by atoms with Crippen molar-refractivity contribution in [1.29, 1.82) is 0 Å². The molecule has 0 aromatic heterocycles. The Morgan fingerprint density at radius 3 is 2.68 bits per heavy atom. The maximum atomic E-state index is 13.0. The highest BCUT2D eigenvalue weighted by Gasteiger charge is 2.61. The minimum Gasteiger partial charge on any atom is -0.299 e. The number of hydrogen-bond donors (Lipinski definition) is 0. The van der Waals surface area contributed by atoms with E-state index in [2.05, 4.69) is 20.1 Å². The number of fused-ring (bicyclic) bond motifs is 5. The molecule has 0 radical (unpaired) electrons. The van der Waals surface area contributed by atoms with Crippen molar-refractivity contribution in [1.82, 2.24) is 0 Å². The molecular weight excluding hydrogens is 328 g/mol. The maximum absolute atomic E-state index is 13.0. The Morgan fingerprint density at radius 2 is 1.96 bits per heavy atom. The summed E-state index contributed by atoms with van der Waals surface area (Å²) in [4.78, 5) is 25.1. The second-order valence-corrected chi connectivity index (χ2v) is 10.2. The molecule has 0 saturated heterocycles. The second-order valence-electron chi connectivity index (χ2n) is 9.30. The standard InChI is InChI=1S/C22H32O2S/c1-4-14-11-19-17-6-5-15-12-16(23)7-10-22(15,13-25-3)18(17)8-9-21(19,2)20(14)24/h12,14,17-19H,4-11,13H2,1-3H3/t14-,17-,18+,19+,21+,22-/m1/s1. The van der Waals surface area contributed by atoms with Gasteiger partial charge in [0.15, 0.2) is 5.78 Å². The lowest BCUT2D eigenvalue weighted by Gasteiger charge is -2.58. The van der Waals surface area contributed by atoms with Crippen molar-refractivity contribution in [3.05, 3.63) is 11.6 Å². The zero-order valence-electron chi connectivity index (χ0n) is 16.0.